The highest BCUT2D eigenvalue weighted by molar-refractivity contribution is 6.31. The predicted molar refractivity (Wildman–Crippen MR) is 92.9 cm³/mol. The van der Waals surface area contributed by atoms with E-state index in [1.165, 1.54) is 12.1 Å². The van der Waals surface area contributed by atoms with Crippen LogP contribution in [0.3, 0.4) is 0 Å². The molecule has 0 radical (unpaired) electrons. The van der Waals surface area contributed by atoms with Crippen molar-refractivity contribution in [2.45, 2.75) is 0 Å². The maximum Gasteiger partial charge on any atom is 0.241 e. The topological polar surface area (TPSA) is 48.5 Å². The molecule has 1 aromatic heterocycles. The minimum atomic E-state index is -0.473. The fourth-order valence-corrected chi connectivity index (χ4v) is 2.80. The van der Waals surface area contributed by atoms with Crippen LogP contribution in [0.1, 0.15) is 0 Å². The molecule has 0 atom stereocenters. The summed E-state index contributed by atoms with van der Waals surface area (Å²) in [5, 5.41) is 3.02. The third-order valence-corrected chi connectivity index (χ3v) is 4.26. The summed E-state index contributed by atoms with van der Waals surface area (Å²) in [5.74, 6) is 0.471. The van der Waals surface area contributed by atoms with Gasteiger partial charge in [-0.2, -0.15) is 0 Å². The van der Waals surface area contributed by atoms with E-state index in [9.17, 15) is 9.18 Å². The largest absolute Gasteiger partial charge is 0.376 e. The Balaban J connectivity index is 1.49. The van der Waals surface area contributed by atoms with Gasteiger partial charge < -0.3 is 15.1 Å². The first kappa shape index (κ1) is 16.5. The summed E-state index contributed by atoms with van der Waals surface area (Å²) in [6.45, 7) is 2.98. The molecule has 0 aliphatic carbocycles. The van der Waals surface area contributed by atoms with E-state index in [0.29, 0.717) is 18.8 Å². The first-order valence-electron chi connectivity index (χ1n) is 7.76. The number of nitrogens with zero attached hydrogens (tertiary/aromatic N) is 3. The molecule has 0 spiro atoms. The molecule has 7 heteroatoms. The van der Waals surface area contributed by atoms with Gasteiger partial charge in [0.2, 0.25) is 5.91 Å². The van der Waals surface area contributed by atoms with Crippen molar-refractivity contribution in [3.8, 4) is 0 Å². The molecule has 1 amide bonds. The van der Waals surface area contributed by atoms with Crippen LogP contribution in [0, 0.1) is 5.82 Å². The zero-order chi connectivity index (χ0) is 16.9. The molecular formula is C17H18ClFN4O. The van der Waals surface area contributed by atoms with E-state index >= 15 is 0 Å². The summed E-state index contributed by atoms with van der Waals surface area (Å²) < 4.78 is 13.1. The summed E-state index contributed by atoms with van der Waals surface area (Å²) in [4.78, 5) is 20.6. The Hall–Kier alpha value is -2.34. The summed E-state index contributed by atoms with van der Waals surface area (Å²) in [6.07, 6.45) is 1.77. The van der Waals surface area contributed by atoms with Crippen LogP contribution in [0.2, 0.25) is 5.02 Å². The second kappa shape index (κ2) is 7.49. The molecule has 24 heavy (non-hydrogen) atoms. The number of hydrogen-bond donors (Lipinski definition) is 1. The van der Waals surface area contributed by atoms with Crippen LogP contribution in [0.4, 0.5) is 15.9 Å². The maximum atomic E-state index is 13.1. The van der Waals surface area contributed by atoms with E-state index in [2.05, 4.69) is 15.2 Å². The lowest BCUT2D eigenvalue weighted by Crippen LogP contribution is -2.50. The van der Waals surface area contributed by atoms with E-state index < -0.39 is 5.82 Å². The molecule has 1 aliphatic heterocycles. The van der Waals surface area contributed by atoms with Crippen LogP contribution in [0.5, 0.6) is 0 Å². The first-order chi connectivity index (χ1) is 11.6. The molecule has 3 rings (SSSR count). The highest BCUT2D eigenvalue weighted by atomic mass is 35.5. The molecule has 1 aliphatic rings. The Morgan fingerprint density at radius 2 is 2.00 bits per heavy atom. The lowest BCUT2D eigenvalue weighted by molar-refractivity contribution is -0.129. The molecule has 0 unspecified atom stereocenters. The minimum Gasteiger partial charge on any atom is -0.376 e. The molecule has 1 aromatic carbocycles. The third kappa shape index (κ3) is 3.94. The Kier molecular flexibility index (Phi) is 5.15. The van der Waals surface area contributed by atoms with E-state index in [4.69, 9.17) is 11.6 Å². The van der Waals surface area contributed by atoms with Gasteiger partial charge in [-0.05, 0) is 30.3 Å². The number of rotatable bonds is 4. The second-order valence-electron chi connectivity index (χ2n) is 5.54. The average molecular weight is 349 g/mol. The molecule has 2 aromatic rings. The Morgan fingerprint density at radius 1 is 1.21 bits per heavy atom. The normalized spacial score (nSPS) is 14.6. The monoisotopic (exact) mass is 348 g/mol. The van der Waals surface area contributed by atoms with Gasteiger partial charge in [-0.15, -0.1) is 0 Å². The number of hydrogen-bond acceptors (Lipinski definition) is 4. The van der Waals surface area contributed by atoms with Crippen LogP contribution in [-0.4, -0.2) is 48.5 Å². The lowest BCUT2D eigenvalue weighted by atomic mass is 10.3. The Morgan fingerprint density at radius 3 is 2.67 bits per heavy atom. The fraction of sp³-hybridized carbons (Fsp3) is 0.294. The molecule has 0 saturated carbocycles. The molecule has 126 valence electrons. The quantitative estimate of drug-likeness (QED) is 0.922. The van der Waals surface area contributed by atoms with Gasteiger partial charge in [0.25, 0.3) is 0 Å². The van der Waals surface area contributed by atoms with Crippen molar-refractivity contribution in [1.82, 2.24) is 9.88 Å². The number of carbonyl (C=O) groups is 1. The number of pyridine rings is 1. The molecule has 1 saturated heterocycles. The maximum absolute atomic E-state index is 13.1. The van der Waals surface area contributed by atoms with Crippen LogP contribution < -0.4 is 10.2 Å². The zero-order valence-corrected chi connectivity index (χ0v) is 13.8. The number of aromatic nitrogens is 1. The first-order valence-corrected chi connectivity index (χ1v) is 8.14. The third-order valence-electron chi connectivity index (χ3n) is 3.97. The Labute approximate surface area is 145 Å². The van der Waals surface area contributed by atoms with Crippen molar-refractivity contribution in [2.24, 2.45) is 0 Å². The summed E-state index contributed by atoms with van der Waals surface area (Å²) in [7, 11) is 0. The number of nitrogens with one attached hydrogen (secondary N) is 1. The smallest absolute Gasteiger partial charge is 0.241 e. The van der Waals surface area contributed by atoms with Gasteiger partial charge in [-0.25, -0.2) is 9.37 Å². The fourth-order valence-electron chi connectivity index (χ4n) is 2.62. The van der Waals surface area contributed by atoms with Gasteiger partial charge in [0.05, 0.1) is 11.6 Å². The predicted octanol–water partition coefficient (Wildman–Crippen LogP) is 2.63. The molecule has 5 nitrogen and oxygen atoms in total. The van der Waals surface area contributed by atoms with Gasteiger partial charge in [0.1, 0.15) is 11.6 Å². The molecule has 2 heterocycles. The lowest BCUT2D eigenvalue weighted by Gasteiger charge is -2.35. The van der Waals surface area contributed by atoms with Crippen LogP contribution >= 0.6 is 11.6 Å². The van der Waals surface area contributed by atoms with Crippen molar-refractivity contribution in [3.05, 3.63) is 53.4 Å². The molecule has 0 bridgehead atoms. The molecule has 1 fully saturated rings. The van der Waals surface area contributed by atoms with Crippen molar-refractivity contribution in [2.75, 3.05) is 42.9 Å². The van der Waals surface area contributed by atoms with Gasteiger partial charge in [-0.3, -0.25) is 4.79 Å². The van der Waals surface area contributed by atoms with Gasteiger partial charge in [0.15, 0.2) is 0 Å². The van der Waals surface area contributed by atoms with E-state index in [0.717, 1.165) is 18.9 Å². The van der Waals surface area contributed by atoms with Gasteiger partial charge in [0, 0.05) is 38.1 Å². The van der Waals surface area contributed by atoms with Crippen LogP contribution in [-0.2, 0) is 4.79 Å². The van der Waals surface area contributed by atoms with Crippen molar-refractivity contribution >= 4 is 29.0 Å². The number of piperazine rings is 1. The minimum absolute atomic E-state index is 0.0103. The van der Waals surface area contributed by atoms with Crippen molar-refractivity contribution in [1.29, 1.82) is 0 Å². The zero-order valence-electron chi connectivity index (χ0n) is 13.1. The van der Waals surface area contributed by atoms with Crippen molar-refractivity contribution in [3.63, 3.8) is 0 Å². The number of anilines is 2. The van der Waals surface area contributed by atoms with Crippen molar-refractivity contribution < 1.29 is 9.18 Å². The van der Waals surface area contributed by atoms with E-state index in [1.807, 2.05) is 23.1 Å². The van der Waals surface area contributed by atoms with E-state index in [1.54, 1.807) is 12.3 Å². The van der Waals surface area contributed by atoms with E-state index in [-0.39, 0.29) is 17.5 Å². The number of benzene rings is 1. The standard InChI is InChI=1S/C17H18ClFN4O/c18-14-11-13(4-5-15(14)19)21-12-17(24)23-9-7-22(8-10-23)16-3-1-2-6-20-16/h1-6,11,21H,7-10,12H2. The number of amides is 1. The summed E-state index contributed by atoms with van der Waals surface area (Å²) in [6, 6.07) is 10.1. The SMILES string of the molecule is O=C(CNc1ccc(F)c(Cl)c1)N1CCN(c2ccccn2)CC1. The molecular weight excluding hydrogens is 331 g/mol. The molecule has 1 N–H and O–H groups in total. The number of halogens is 2. The average Bonchev–Trinajstić information content (AvgIpc) is 2.63. The number of carbonyl (C=O) groups excluding carboxylic acids is 1. The van der Waals surface area contributed by atoms with Crippen LogP contribution in [0.15, 0.2) is 42.6 Å². The van der Waals surface area contributed by atoms with Crippen LogP contribution in [0.25, 0.3) is 0 Å². The van der Waals surface area contributed by atoms with Gasteiger partial charge in [-0.1, -0.05) is 17.7 Å². The van der Waals surface area contributed by atoms with Gasteiger partial charge >= 0.3 is 0 Å². The summed E-state index contributed by atoms with van der Waals surface area (Å²) in [5.41, 5.74) is 0.627. The highest BCUT2D eigenvalue weighted by Gasteiger charge is 2.21. The Bertz CT molecular complexity index is 705. The second-order valence-corrected chi connectivity index (χ2v) is 5.95. The highest BCUT2D eigenvalue weighted by Crippen LogP contribution is 2.19. The summed E-state index contributed by atoms with van der Waals surface area (Å²) >= 11 is 5.73.